The van der Waals surface area contributed by atoms with Crippen LogP contribution in [0, 0.1) is 6.92 Å². The number of fused-ring (bicyclic) bond motifs is 1. The van der Waals surface area contributed by atoms with Crippen molar-refractivity contribution in [3.8, 4) is 11.4 Å². The Bertz CT molecular complexity index is 1290. The van der Waals surface area contributed by atoms with Crippen LogP contribution in [-0.2, 0) is 0 Å². The van der Waals surface area contributed by atoms with Crippen LogP contribution in [0.3, 0.4) is 0 Å². The normalized spacial score (nSPS) is 16.3. The maximum atomic E-state index is 13.8. The molecule has 1 aliphatic rings. The van der Waals surface area contributed by atoms with E-state index < -0.39 is 0 Å². The van der Waals surface area contributed by atoms with E-state index in [-0.39, 0.29) is 11.9 Å². The second-order valence-electron chi connectivity index (χ2n) is 7.70. The fourth-order valence-corrected chi connectivity index (χ4v) is 4.09. The lowest BCUT2D eigenvalue weighted by atomic mass is 10.1. The Morgan fingerprint density at radius 3 is 2.77 bits per heavy atom. The van der Waals surface area contributed by atoms with E-state index in [0.29, 0.717) is 30.0 Å². The van der Waals surface area contributed by atoms with Crippen LogP contribution in [0.5, 0.6) is 5.75 Å². The molecule has 1 unspecified atom stereocenters. The molecule has 1 amide bonds. The topological polar surface area (TPSA) is 88.9 Å². The van der Waals surface area contributed by atoms with Crippen molar-refractivity contribution < 1.29 is 9.53 Å². The highest BCUT2D eigenvalue weighted by molar-refractivity contribution is 5.99. The zero-order chi connectivity index (χ0) is 21.5. The number of likely N-dealkylation sites (tertiary alicyclic amines) is 1. The van der Waals surface area contributed by atoms with Crippen LogP contribution < -0.4 is 4.74 Å². The highest BCUT2D eigenvalue weighted by atomic mass is 16.5. The third-order valence-electron chi connectivity index (χ3n) is 5.63. The maximum Gasteiger partial charge on any atom is 0.257 e. The molecule has 3 heterocycles. The molecular formula is C23H22N6O2. The number of H-pyrrole nitrogens is 1. The number of nitrogens with one attached hydrogen (secondary N) is 1. The number of imidazole rings is 1. The van der Waals surface area contributed by atoms with Crippen molar-refractivity contribution in [3.05, 3.63) is 77.9 Å². The zero-order valence-corrected chi connectivity index (χ0v) is 17.4. The van der Waals surface area contributed by atoms with Gasteiger partial charge in [0.1, 0.15) is 11.6 Å². The first-order chi connectivity index (χ1) is 15.0. The fraction of sp³-hybridized carbons (Fsp3) is 0.217. The number of rotatable bonds is 4. The molecule has 5 rings (SSSR count). The number of aromatic nitrogens is 5. The molecule has 0 aliphatic carbocycles. The van der Waals surface area contributed by atoms with Gasteiger partial charge in [0.05, 0.1) is 47.8 Å². The minimum atomic E-state index is -0.226. The number of hydrogen-bond acceptors (Lipinski definition) is 5. The van der Waals surface area contributed by atoms with Gasteiger partial charge in [0, 0.05) is 6.54 Å². The highest BCUT2D eigenvalue weighted by Crippen LogP contribution is 2.36. The molecule has 0 spiro atoms. The van der Waals surface area contributed by atoms with Gasteiger partial charge in [-0.3, -0.25) is 4.79 Å². The molecule has 8 nitrogen and oxygen atoms in total. The first kappa shape index (κ1) is 19.0. The van der Waals surface area contributed by atoms with Crippen molar-refractivity contribution in [2.24, 2.45) is 0 Å². The summed E-state index contributed by atoms with van der Waals surface area (Å²) < 4.78 is 5.37. The Morgan fingerprint density at radius 1 is 1.23 bits per heavy atom. The molecule has 1 saturated heterocycles. The summed E-state index contributed by atoms with van der Waals surface area (Å²) >= 11 is 0. The standard InChI is InChI=1S/C23H22N6O2/c1-14-11-20(22-26-18-6-4-5-15(2)21(18)27-22)28(13-14)23(30)17-12-16(31-3)7-8-19(17)29-24-9-10-25-29/h4-10,12,20H,1,11,13H2,2-3H3,(H,26,27). The first-order valence-corrected chi connectivity index (χ1v) is 10.0. The van der Waals surface area contributed by atoms with Gasteiger partial charge in [-0.2, -0.15) is 15.0 Å². The molecule has 4 aromatic rings. The number of benzene rings is 2. The number of carbonyl (C=O) groups excluding carboxylic acids is 1. The van der Waals surface area contributed by atoms with Crippen LogP contribution in [0.1, 0.15) is 34.2 Å². The first-order valence-electron chi connectivity index (χ1n) is 10.0. The monoisotopic (exact) mass is 414 g/mol. The van der Waals surface area contributed by atoms with Crippen LogP contribution in [0.2, 0.25) is 0 Å². The van der Waals surface area contributed by atoms with Crippen molar-refractivity contribution in [2.75, 3.05) is 13.7 Å². The minimum Gasteiger partial charge on any atom is -0.497 e. The molecular weight excluding hydrogens is 392 g/mol. The summed E-state index contributed by atoms with van der Waals surface area (Å²) in [6, 6.07) is 11.1. The van der Waals surface area contributed by atoms with Crippen LogP contribution in [-0.4, -0.2) is 49.4 Å². The lowest BCUT2D eigenvalue weighted by Crippen LogP contribution is -2.32. The average Bonchev–Trinajstić information content (AvgIpc) is 3.52. The van der Waals surface area contributed by atoms with E-state index >= 15 is 0 Å². The number of carbonyl (C=O) groups is 1. The second-order valence-corrected chi connectivity index (χ2v) is 7.70. The molecule has 0 radical (unpaired) electrons. The van der Waals surface area contributed by atoms with Gasteiger partial charge in [-0.1, -0.05) is 24.3 Å². The predicted molar refractivity (Wildman–Crippen MR) is 116 cm³/mol. The summed E-state index contributed by atoms with van der Waals surface area (Å²) in [5.41, 5.74) is 5.01. The van der Waals surface area contributed by atoms with Crippen LogP contribution in [0.25, 0.3) is 16.7 Å². The molecule has 31 heavy (non-hydrogen) atoms. The lowest BCUT2D eigenvalue weighted by molar-refractivity contribution is 0.0732. The quantitative estimate of drug-likeness (QED) is 0.516. The molecule has 156 valence electrons. The summed E-state index contributed by atoms with van der Waals surface area (Å²) in [5.74, 6) is 1.21. The molecule has 2 aromatic heterocycles. The number of methoxy groups -OCH3 is 1. The van der Waals surface area contributed by atoms with E-state index in [1.165, 1.54) is 4.80 Å². The van der Waals surface area contributed by atoms with Crippen LogP contribution in [0.15, 0.2) is 60.9 Å². The smallest absolute Gasteiger partial charge is 0.257 e. The number of hydrogen-bond donors (Lipinski definition) is 1. The Morgan fingerprint density at radius 2 is 2.03 bits per heavy atom. The van der Waals surface area contributed by atoms with E-state index in [1.807, 2.05) is 25.1 Å². The summed E-state index contributed by atoms with van der Waals surface area (Å²) in [7, 11) is 1.58. The van der Waals surface area contributed by atoms with Gasteiger partial charge in [-0.25, -0.2) is 4.98 Å². The number of ether oxygens (including phenoxy) is 1. The van der Waals surface area contributed by atoms with E-state index in [9.17, 15) is 4.79 Å². The van der Waals surface area contributed by atoms with Crippen LogP contribution in [0.4, 0.5) is 0 Å². The van der Waals surface area contributed by atoms with Crippen molar-refractivity contribution in [2.45, 2.75) is 19.4 Å². The van der Waals surface area contributed by atoms with Crippen LogP contribution >= 0.6 is 0 Å². The Labute approximate surface area is 179 Å². The third kappa shape index (κ3) is 3.26. The van der Waals surface area contributed by atoms with E-state index in [0.717, 1.165) is 28.0 Å². The number of aryl methyl sites for hydroxylation is 1. The SMILES string of the molecule is C=C1CC(c2nc3c(C)cccc3[nH]2)N(C(=O)c2cc(OC)ccc2-n2nccn2)C1. The Hall–Kier alpha value is -3.94. The molecule has 1 N–H and O–H groups in total. The number of nitrogens with zero attached hydrogens (tertiary/aromatic N) is 5. The molecule has 1 atom stereocenters. The maximum absolute atomic E-state index is 13.8. The van der Waals surface area contributed by atoms with E-state index in [4.69, 9.17) is 9.72 Å². The minimum absolute atomic E-state index is 0.146. The van der Waals surface area contributed by atoms with Gasteiger partial charge in [0.15, 0.2) is 0 Å². The van der Waals surface area contributed by atoms with E-state index in [2.05, 4.69) is 21.8 Å². The van der Waals surface area contributed by atoms with Gasteiger partial charge < -0.3 is 14.6 Å². The Balaban J connectivity index is 1.57. The Kier molecular flexibility index (Phi) is 4.54. The number of para-hydroxylation sites is 1. The molecule has 8 heteroatoms. The summed E-state index contributed by atoms with van der Waals surface area (Å²) in [5, 5.41) is 8.40. The summed E-state index contributed by atoms with van der Waals surface area (Å²) in [4.78, 5) is 25.2. The van der Waals surface area contributed by atoms with Gasteiger partial charge in [0.25, 0.3) is 5.91 Å². The summed E-state index contributed by atoms with van der Waals surface area (Å²) in [6.07, 6.45) is 3.81. The molecule has 2 aromatic carbocycles. The van der Waals surface area contributed by atoms with Crippen molar-refractivity contribution >= 4 is 16.9 Å². The third-order valence-corrected chi connectivity index (χ3v) is 5.63. The van der Waals surface area contributed by atoms with E-state index in [1.54, 1.807) is 42.6 Å². The average molecular weight is 414 g/mol. The molecule has 0 bridgehead atoms. The number of amides is 1. The van der Waals surface area contributed by atoms with Gasteiger partial charge in [0.2, 0.25) is 0 Å². The lowest BCUT2D eigenvalue weighted by Gasteiger charge is -2.24. The summed E-state index contributed by atoms with van der Waals surface area (Å²) in [6.45, 7) is 6.64. The van der Waals surface area contributed by atoms with Crippen molar-refractivity contribution in [1.29, 1.82) is 0 Å². The fourth-order valence-electron chi connectivity index (χ4n) is 4.09. The second kappa shape index (κ2) is 7.39. The molecule has 0 saturated carbocycles. The molecule has 1 aliphatic heterocycles. The zero-order valence-electron chi connectivity index (χ0n) is 17.4. The molecule has 1 fully saturated rings. The van der Waals surface area contributed by atoms with Gasteiger partial charge >= 0.3 is 0 Å². The largest absolute Gasteiger partial charge is 0.497 e. The number of aromatic amines is 1. The van der Waals surface area contributed by atoms with Crippen molar-refractivity contribution in [3.63, 3.8) is 0 Å². The van der Waals surface area contributed by atoms with Crippen molar-refractivity contribution in [1.82, 2.24) is 29.9 Å². The highest BCUT2D eigenvalue weighted by Gasteiger charge is 2.36. The predicted octanol–water partition coefficient (Wildman–Crippen LogP) is 3.60. The van der Waals surface area contributed by atoms with Gasteiger partial charge in [-0.05, 0) is 43.2 Å². The van der Waals surface area contributed by atoms with Gasteiger partial charge in [-0.15, -0.1) is 0 Å².